The Morgan fingerprint density at radius 2 is 1.74 bits per heavy atom. The van der Waals surface area contributed by atoms with E-state index < -0.39 is 41.9 Å². The second kappa shape index (κ2) is 8.00. The van der Waals surface area contributed by atoms with E-state index in [0.29, 0.717) is 0 Å². The van der Waals surface area contributed by atoms with E-state index in [1.165, 1.54) is 13.8 Å². The lowest BCUT2D eigenvalue weighted by Gasteiger charge is -2.28. The van der Waals surface area contributed by atoms with Gasteiger partial charge < -0.3 is 14.2 Å². The molecule has 0 radical (unpaired) electrons. The molecule has 0 aromatic heterocycles. The summed E-state index contributed by atoms with van der Waals surface area (Å²) >= 11 is 2.51. The van der Waals surface area contributed by atoms with Crippen LogP contribution in [0, 0.1) is 0 Å². The summed E-state index contributed by atoms with van der Waals surface area (Å²) in [5, 5.41) is -4.56. The van der Waals surface area contributed by atoms with E-state index in [4.69, 9.17) is 9.47 Å². The molecule has 10 heteroatoms. The summed E-state index contributed by atoms with van der Waals surface area (Å²) in [6.07, 6.45) is -1.46. The van der Waals surface area contributed by atoms with Gasteiger partial charge in [-0.3, -0.25) is 0 Å². The van der Waals surface area contributed by atoms with Gasteiger partial charge in [0.15, 0.2) is 0 Å². The molecule has 0 aromatic rings. The second-order valence-electron chi connectivity index (χ2n) is 4.68. The minimum absolute atomic E-state index is 0.0867. The van der Waals surface area contributed by atoms with E-state index in [0.717, 1.165) is 6.92 Å². The zero-order valence-electron chi connectivity index (χ0n) is 12.8. The van der Waals surface area contributed by atoms with E-state index in [-0.39, 0.29) is 12.2 Å². The molecule has 0 aromatic carbocycles. The molecule has 5 nitrogen and oxygen atoms in total. The van der Waals surface area contributed by atoms with Crippen LogP contribution in [-0.4, -0.2) is 42.1 Å². The van der Waals surface area contributed by atoms with Crippen LogP contribution in [0.4, 0.5) is 17.6 Å². The molecule has 0 aliphatic heterocycles. The molecule has 0 spiro atoms. The van der Waals surface area contributed by atoms with Crippen molar-refractivity contribution in [3.05, 3.63) is 12.2 Å². The average molecular weight is 362 g/mol. The largest absolute Gasteiger partial charge is 0.461 e. The van der Waals surface area contributed by atoms with Crippen LogP contribution in [-0.2, 0) is 23.8 Å². The topological polar surface area (TPSA) is 61.8 Å². The first kappa shape index (κ1) is 21.7. The van der Waals surface area contributed by atoms with E-state index in [9.17, 15) is 27.2 Å². The fraction of sp³-hybridized carbons (Fsp3) is 0.692. The highest BCUT2D eigenvalue weighted by atomic mass is 32.1. The van der Waals surface area contributed by atoms with Gasteiger partial charge in [0.1, 0.15) is 0 Å². The van der Waals surface area contributed by atoms with Crippen LogP contribution in [0.1, 0.15) is 27.2 Å². The molecule has 0 N–H and O–H groups in total. The van der Waals surface area contributed by atoms with Crippen molar-refractivity contribution in [3.8, 4) is 0 Å². The first-order chi connectivity index (χ1) is 10.3. The SMILES string of the molecule is C=C(C)C(=O)OC(C)(OCCC(F)(F)C(F)(F)S)C(=O)OCC. The molecule has 0 rings (SSSR count). The minimum Gasteiger partial charge on any atom is -0.461 e. The Bertz CT molecular complexity index is 464. The van der Waals surface area contributed by atoms with Gasteiger partial charge in [-0.05, 0) is 13.8 Å². The van der Waals surface area contributed by atoms with Crippen molar-refractivity contribution < 1.29 is 41.4 Å². The van der Waals surface area contributed by atoms with Crippen molar-refractivity contribution in [1.82, 2.24) is 0 Å². The third-order valence-corrected chi connectivity index (χ3v) is 2.84. The quantitative estimate of drug-likeness (QED) is 0.225. The first-order valence-corrected chi connectivity index (χ1v) is 6.89. The summed E-state index contributed by atoms with van der Waals surface area (Å²) in [6.45, 7) is 5.85. The summed E-state index contributed by atoms with van der Waals surface area (Å²) in [5.74, 6) is -9.06. The highest BCUT2D eigenvalue weighted by Gasteiger charge is 2.53. The fourth-order valence-electron chi connectivity index (χ4n) is 1.18. The van der Waals surface area contributed by atoms with Gasteiger partial charge in [0.25, 0.3) is 0 Å². The zero-order chi connectivity index (χ0) is 18.5. The van der Waals surface area contributed by atoms with Crippen LogP contribution in [0.5, 0.6) is 0 Å². The summed E-state index contributed by atoms with van der Waals surface area (Å²) in [4.78, 5) is 23.3. The lowest BCUT2D eigenvalue weighted by molar-refractivity contribution is -0.242. The van der Waals surface area contributed by atoms with Crippen molar-refractivity contribution in [2.75, 3.05) is 13.2 Å². The molecule has 0 aliphatic rings. The molecule has 1 unspecified atom stereocenters. The number of thiol groups is 1. The number of hydrogen-bond donors (Lipinski definition) is 1. The Kier molecular flexibility index (Phi) is 7.55. The maximum Gasteiger partial charge on any atom is 0.379 e. The minimum atomic E-state index is -4.56. The molecule has 0 saturated carbocycles. The first-order valence-electron chi connectivity index (χ1n) is 6.45. The second-order valence-corrected chi connectivity index (χ2v) is 5.24. The van der Waals surface area contributed by atoms with Crippen LogP contribution in [0.25, 0.3) is 0 Å². The molecule has 134 valence electrons. The summed E-state index contributed by atoms with van der Waals surface area (Å²) in [5.41, 5.74) is -0.0867. The highest BCUT2D eigenvalue weighted by Crippen LogP contribution is 2.40. The van der Waals surface area contributed by atoms with Gasteiger partial charge in [0.2, 0.25) is 0 Å². The molecular formula is C13H18F4O5S. The fourth-order valence-corrected chi connectivity index (χ4v) is 1.29. The Morgan fingerprint density at radius 1 is 1.22 bits per heavy atom. The molecule has 0 heterocycles. The Hall–Kier alpha value is -1.29. The molecule has 23 heavy (non-hydrogen) atoms. The molecule has 0 aliphatic carbocycles. The molecule has 0 saturated heterocycles. The van der Waals surface area contributed by atoms with Gasteiger partial charge in [-0.25, -0.2) is 9.59 Å². The number of ether oxygens (including phenoxy) is 3. The van der Waals surface area contributed by atoms with Crippen LogP contribution in [0.2, 0.25) is 0 Å². The lowest BCUT2D eigenvalue weighted by atomic mass is 10.2. The number of carbonyl (C=O) groups is 2. The third-order valence-electron chi connectivity index (χ3n) is 2.52. The molecule has 0 bridgehead atoms. The maximum absolute atomic E-state index is 13.1. The number of esters is 2. The predicted octanol–water partition coefficient (Wildman–Crippen LogP) is 2.95. The van der Waals surface area contributed by atoms with Crippen molar-refractivity contribution in [1.29, 1.82) is 0 Å². The average Bonchev–Trinajstić information content (AvgIpc) is 2.37. The van der Waals surface area contributed by atoms with Crippen molar-refractivity contribution in [2.45, 2.75) is 44.2 Å². The van der Waals surface area contributed by atoms with Gasteiger partial charge in [0.05, 0.1) is 13.2 Å². The Balaban J connectivity index is 5.01. The van der Waals surface area contributed by atoms with Gasteiger partial charge in [-0.2, -0.15) is 17.6 Å². The Labute approximate surface area is 136 Å². The summed E-state index contributed by atoms with van der Waals surface area (Å²) in [7, 11) is 0. The molecule has 0 amide bonds. The smallest absolute Gasteiger partial charge is 0.379 e. The van der Waals surface area contributed by atoms with E-state index in [2.05, 4.69) is 23.9 Å². The molecule has 0 fully saturated rings. The van der Waals surface area contributed by atoms with Crippen molar-refractivity contribution in [3.63, 3.8) is 0 Å². The van der Waals surface area contributed by atoms with Gasteiger partial charge in [0, 0.05) is 18.9 Å². The Morgan fingerprint density at radius 3 is 2.13 bits per heavy atom. The van der Waals surface area contributed by atoms with E-state index in [1.807, 2.05) is 0 Å². The third kappa shape index (κ3) is 6.38. The maximum atomic E-state index is 13.1. The highest BCUT2D eigenvalue weighted by molar-refractivity contribution is 7.81. The predicted molar refractivity (Wildman–Crippen MR) is 75.4 cm³/mol. The molecular weight excluding hydrogens is 344 g/mol. The van der Waals surface area contributed by atoms with Crippen LogP contribution in [0.15, 0.2) is 12.2 Å². The van der Waals surface area contributed by atoms with Crippen molar-refractivity contribution >= 4 is 24.6 Å². The standard InChI is InChI=1S/C13H18F4O5S/c1-5-20-10(19)11(4,22-9(18)8(2)3)21-7-6-12(14,15)13(16,17)23/h23H,2,5-7H2,1,3-4H3. The van der Waals surface area contributed by atoms with Crippen molar-refractivity contribution in [2.24, 2.45) is 0 Å². The molecule has 1 atom stereocenters. The van der Waals surface area contributed by atoms with Gasteiger partial charge in [-0.15, -0.1) is 0 Å². The van der Waals surface area contributed by atoms with Crippen LogP contribution >= 0.6 is 12.6 Å². The van der Waals surface area contributed by atoms with Crippen LogP contribution < -0.4 is 0 Å². The summed E-state index contributed by atoms with van der Waals surface area (Å²) in [6, 6.07) is 0. The van der Waals surface area contributed by atoms with E-state index >= 15 is 0 Å². The number of halogens is 4. The number of hydrogen-bond acceptors (Lipinski definition) is 6. The summed E-state index contributed by atoms with van der Waals surface area (Å²) < 4.78 is 65.5. The van der Waals surface area contributed by atoms with Gasteiger partial charge in [-0.1, -0.05) is 19.2 Å². The zero-order valence-corrected chi connectivity index (χ0v) is 13.7. The number of rotatable bonds is 9. The normalized spacial score (nSPS) is 14.8. The number of alkyl halides is 4. The monoisotopic (exact) mass is 362 g/mol. The lowest BCUT2D eigenvalue weighted by Crippen LogP contribution is -2.46. The number of carbonyl (C=O) groups excluding carboxylic acids is 2. The van der Waals surface area contributed by atoms with Gasteiger partial charge >= 0.3 is 28.9 Å². The van der Waals surface area contributed by atoms with E-state index in [1.54, 1.807) is 0 Å². The van der Waals surface area contributed by atoms with Crippen LogP contribution in [0.3, 0.4) is 0 Å².